The van der Waals surface area contributed by atoms with Crippen molar-refractivity contribution in [2.75, 3.05) is 25.1 Å². The molecule has 2 heterocycles. The third-order valence-electron chi connectivity index (χ3n) is 6.77. The number of fused-ring (bicyclic) bond motifs is 1. The molecule has 4 aromatic rings. The van der Waals surface area contributed by atoms with E-state index in [-0.39, 0.29) is 24.7 Å². The first-order valence-electron chi connectivity index (χ1n) is 14.1. The van der Waals surface area contributed by atoms with Crippen molar-refractivity contribution >= 4 is 80.2 Å². The van der Waals surface area contributed by atoms with E-state index in [0.29, 0.717) is 50.0 Å². The molecule has 1 amide bonds. The molecular weight excluding hydrogens is 820 g/mol. The second-order valence-corrected chi connectivity index (χ2v) is 13.2. The van der Waals surface area contributed by atoms with Crippen LogP contribution in [-0.2, 0) is 14.3 Å². The summed E-state index contributed by atoms with van der Waals surface area (Å²) in [5, 5.41) is 2.97. The van der Waals surface area contributed by atoms with E-state index in [4.69, 9.17) is 19.2 Å². The van der Waals surface area contributed by atoms with Gasteiger partial charge in [-0.25, -0.2) is 9.79 Å². The monoisotopic (exact) mass is 849 g/mol. The Kier molecular flexibility index (Phi) is 10.8. The topological polar surface area (TPSA) is 108 Å². The van der Waals surface area contributed by atoms with E-state index < -0.39 is 12.0 Å². The number of benzene rings is 3. The van der Waals surface area contributed by atoms with Gasteiger partial charge in [-0.2, -0.15) is 0 Å². The summed E-state index contributed by atoms with van der Waals surface area (Å²) in [5.74, 6) is 0.326. The van der Waals surface area contributed by atoms with Crippen LogP contribution in [0, 0.1) is 7.14 Å². The van der Waals surface area contributed by atoms with Crippen molar-refractivity contribution in [3.8, 4) is 11.5 Å². The second kappa shape index (κ2) is 14.7. The van der Waals surface area contributed by atoms with Gasteiger partial charge < -0.3 is 19.5 Å². The van der Waals surface area contributed by atoms with E-state index in [1.807, 2.05) is 61.5 Å². The van der Waals surface area contributed by atoms with Crippen molar-refractivity contribution in [1.29, 1.82) is 0 Å². The standard InChI is InChI=1S/C33H29I2N3O6S/c1-4-42-24-13-11-20(12-14-24)29-28(31(40)37-23-9-7-6-8-10-23)19(3)36-33-38(29)32(41)26(45-33)16-21-15-22(34)17-25(35)30(21)44-18-27(39)43-5-2/h6-17,29H,4-5,18H2,1-3H3,(H,37,40)/b26-16-/t29-/m1/s1. The third kappa shape index (κ3) is 7.49. The minimum atomic E-state index is -0.738. The predicted molar refractivity (Wildman–Crippen MR) is 190 cm³/mol. The Morgan fingerprint density at radius 2 is 1.76 bits per heavy atom. The number of hydrogen-bond donors (Lipinski definition) is 1. The summed E-state index contributed by atoms with van der Waals surface area (Å²) >= 11 is 5.57. The Bertz CT molecular complexity index is 1950. The summed E-state index contributed by atoms with van der Waals surface area (Å²) in [5.41, 5.74) is 2.58. The van der Waals surface area contributed by atoms with Gasteiger partial charge in [-0.15, -0.1) is 0 Å². The first-order chi connectivity index (χ1) is 21.7. The van der Waals surface area contributed by atoms with E-state index in [0.717, 1.165) is 12.7 Å². The smallest absolute Gasteiger partial charge is 0.344 e. The highest BCUT2D eigenvalue weighted by atomic mass is 127. The van der Waals surface area contributed by atoms with Crippen LogP contribution in [-0.4, -0.2) is 36.3 Å². The molecule has 9 nitrogen and oxygen atoms in total. The molecule has 3 aromatic carbocycles. The Morgan fingerprint density at radius 3 is 2.44 bits per heavy atom. The molecule has 232 valence electrons. The maximum atomic E-state index is 14.2. The Balaban J connectivity index is 1.64. The molecule has 45 heavy (non-hydrogen) atoms. The number of thiazole rings is 1. The summed E-state index contributed by atoms with van der Waals surface area (Å²) in [6.07, 6.45) is 1.74. The van der Waals surface area contributed by atoms with E-state index in [1.54, 1.807) is 36.6 Å². The quantitative estimate of drug-likeness (QED) is 0.169. The number of hydrogen-bond acceptors (Lipinski definition) is 8. The van der Waals surface area contributed by atoms with Gasteiger partial charge in [0.1, 0.15) is 11.5 Å². The fourth-order valence-corrected chi connectivity index (χ4v) is 7.96. The Hall–Kier alpha value is -3.50. The van der Waals surface area contributed by atoms with Gasteiger partial charge in [-0.1, -0.05) is 41.7 Å². The number of carbonyl (C=O) groups is 2. The fourth-order valence-electron chi connectivity index (χ4n) is 4.87. The van der Waals surface area contributed by atoms with E-state index in [9.17, 15) is 14.4 Å². The molecule has 1 aromatic heterocycles. The molecule has 0 aliphatic carbocycles. The zero-order valence-electron chi connectivity index (χ0n) is 24.6. The van der Waals surface area contributed by atoms with Crippen LogP contribution in [0.15, 0.2) is 87.8 Å². The summed E-state index contributed by atoms with van der Waals surface area (Å²) in [4.78, 5) is 45.3. The minimum Gasteiger partial charge on any atom is -0.494 e. The molecule has 0 spiro atoms. The maximum Gasteiger partial charge on any atom is 0.344 e. The van der Waals surface area contributed by atoms with Gasteiger partial charge >= 0.3 is 5.97 Å². The van der Waals surface area contributed by atoms with Crippen LogP contribution in [0.4, 0.5) is 5.69 Å². The number of aromatic nitrogens is 1. The van der Waals surface area contributed by atoms with Crippen LogP contribution in [0.1, 0.15) is 37.9 Å². The molecular formula is C33H29I2N3O6S. The van der Waals surface area contributed by atoms with Gasteiger partial charge in [-0.05, 0) is 114 Å². The minimum absolute atomic E-state index is 0.250. The van der Waals surface area contributed by atoms with Crippen molar-refractivity contribution in [2.45, 2.75) is 26.8 Å². The van der Waals surface area contributed by atoms with Crippen LogP contribution in [0.2, 0.25) is 0 Å². The zero-order valence-corrected chi connectivity index (χ0v) is 29.8. The molecule has 0 bridgehead atoms. The Morgan fingerprint density at radius 1 is 1.02 bits per heavy atom. The molecule has 0 radical (unpaired) electrons. The molecule has 1 aliphatic heterocycles. The Labute approximate surface area is 290 Å². The number of nitrogens with one attached hydrogen (secondary N) is 1. The first kappa shape index (κ1) is 32.9. The van der Waals surface area contributed by atoms with Gasteiger partial charge in [0.25, 0.3) is 11.5 Å². The normalized spacial score (nSPS) is 14.4. The van der Waals surface area contributed by atoms with Crippen LogP contribution < -0.4 is 29.7 Å². The number of anilines is 1. The van der Waals surface area contributed by atoms with Gasteiger partial charge in [0.05, 0.1) is 38.6 Å². The average molecular weight is 849 g/mol. The number of nitrogens with zero attached hydrogens (tertiary/aromatic N) is 2. The van der Waals surface area contributed by atoms with Gasteiger partial charge in [0.15, 0.2) is 11.4 Å². The van der Waals surface area contributed by atoms with Crippen molar-refractivity contribution in [2.24, 2.45) is 4.99 Å². The van der Waals surface area contributed by atoms with Crippen molar-refractivity contribution in [1.82, 2.24) is 4.57 Å². The van der Waals surface area contributed by atoms with Crippen LogP contribution in [0.25, 0.3) is 6.08 Å². The number of para-hydroxylation sites is 1. The lowest BCUT2D eigenvalue weighted by Gasteiger charge is -2.25. The van der Waals surface area contributed by atoms with Crippen LogP contribution in [0.5, 0.6) is 11.5 Å². The van der Waals surface area contributed by atoms with E-state index in [2.05, 4.69) is 50.5 Å². The number of rotatable bonds is 10. The van der Waals surface area contributed by atoms with Crippen LogP contribution >= 0.6 is 56.5 Å². The largest absolute Gasteiger partial charge is 0.494 e. The molecule has 0 saturated heterocycles. The number of halogens is 2. The van der Waals surface area contributed by atoms with Gasteiger partial charge in [0.2, 0.25) is 0 Å². The molecule has 1 atom stereocenters. The lowest BCUT2D eigenvalue weighted by Crippen LogP contribution is -2.40. The molecule has 1 N–H and O–H groups in total. The lowest BCUT2D eigenvalue weighted by atomic mass is 9.95. The summed E-state index contributed by atoms with van der Waals surface area (Å²) in [6.45, 7) is 5.93. The second-order valence-electron chi connectivity index (χ2n) is 9.80. The highest BCUT2D eigenvalue weighted by Gasteiger charge is 2.32. The molecule has 1 aliphatic rings. The molecule has 0 unspecified atom stereocenters. The highest BCUT2D eigenvalue weighted by Crippen LogP contribution is 2.32. The zero-order chi connectivity index (χ0) is 32.1. The van der Waals surface area contributed by atoms with Crippen molar-refractivity contribution in [3.63, 3.8) is 0 Å². The predicted octanol–water partition coefficient (Wildman–Crippen LogP) is 5.42. The SMILES string of the molecule is CCOC(=O)COc1c(I)cc(I)cc1/C=c1\sc2n(c1=O)[C@H](c1ccc(OCC)cc1)C(C(=O)Nc1ccccc1)=C(C)N=2. The highest BCUT2D eigenvalue weighted by molar-refractivity contribution is 14.1. The summed E-state index contributed by atoms with van der Waals surface area (Å²) < 4.78 is 20.2. The van der Waals surface area contributed by atoms with Gasteiger partial charge in [0, 0.05) is 14.8 Å². The molecule has 0 saturated carbocycles. The summed E-state index contributed by atoms with van der Waals surface area (Å²) in [6, 6.07) is 19.6. The number of allylic oxidation sites excluding steroid dienone is 1. The average Bonchev–Trinajstić information content (AvgIpc) is 3.31. The van der Waals surface area contributed by atoms with E-state index in [1.165, 1.54) is 11.3 Å². The number of carbonyl (C=O) groups excluding carboxylic acids is 2. The molecule has 0 fully saturated rings. The first-order valence-corrected chi connectivity index (χ1v) is 17.1. The number of esters is 1. The number of ether oxygens (including phenoxy) is 3. The third-order valence-corrected chi connectivity index (χ3v) is 9.18. The van der Waals surface area contributed by atoms with Crippen molar-refractivity contribution in [3.05, 3.63) is 116 Å². The maximum absolute atomic E-state index is 14.2. The fraction of sp³-hybridized carbons (Fsp3) is 0.212. The van der Waals surface area contributed by atoms with E-state index >= 15 is 0 Å². The summed E-state index contributed by atoms with van der Waals surface area (Å²) in [7, 11) is 0. The van der Waals surface area contributed by atoms with Gasteiger partial charge in [-0.3, -0.25) is 14.2 Å². The number of amides is 1. The lowest BCUT2D eigenvalue weighted by molar-refractivity contribution is -0.145. The molecule has 12 heteroatoms. The van der Waals surface area contributed by atoms with Crippen LogP contribution in [0.3, 0.4) is 0 Å². The molecule has 5 rings (SSSR count). The van der Waals surface area contributed by atoms with Crippen molar-refractivity contribution < 1.29 is 23.8 Å².